The fraction of sp³-hybridized carbons (Fsp3) is 0.650. The van der Waals surface area contributed by atoms with Crippen LogP contribution in [-0.4, -0.2) is 40.5 Å². The van der Waals surface area contributed by atoms with Gasteiger partial charge in [0.15, 0.2) is 0 Å². The molecule has 1 heterocycles. The molecular weight excluding hydrogens is 318 g/mol. The van der Waals surface area contributed by atoms with Gasteiger partial charge in [-0.1, -0.05) is 12.1 Å². The van der Waals surface area contributed by atoms with E-state index in [0.29, 0.717) is 13.0 Å². The summed E-state index contributed by atoms with van der Waals surface area (Å²) in [6.45, 7) is 10.0. The minimum atomic E-state index is -0.566. The number of nitrogens with one attached hydrogen (secondary N) is 1. The maximum atomic E-state index is 12.9. The van der Waals surface area contributed by atoms with E-state index in [1.54, 1.807) is 12.1 Å². The second-order valence-corrected chi connectivity index (χ2v) is 8.73. The highest BCUT2D eigenvalue weighted by Gasteiger charge is 2.56. The van der Waals surface area contributed by atoms with Crippen molar-refractivity contribution in [3.63, 3.8) is 0 Å². The fourth-order valence-electron chi connectivity index (χ4n) is 3.79. The van der Waals surface area contributed by atoms with E-state index in [9.17, 15) is 15.0 Å². The number of ether oxygens (including phenoxy) is 1. The van der Waals surface area contributed by atoms with Gasteiger partial charge in [-0.3, -0.25) is 4.79 Å². The van der Waals surface area contributed by atoms with Gasteiger partial charge in [0.25, 0.3) is 0 Å². The van der Waals surface area contributed by atoms with Crippen molar-refractivity contribution in [2.45, 2.75) is 58.6 Å². The molecule has 5 heteroatoms. The van der Waals surface area contributed by atoms with Crippen LogP contribution in [0.15, 0.2) is 24.3 Å². The van der Waals surface area contributed by atoms with Crippen LogP contribution < -0.4 is 5.32 Å². The molecule has 25 heavy (non-hydrogen) atoms. The first-order valence-electron chi connectivity index (χ1n) is 8.86. The number of benzene rings is 1. The lowest BCUT2D eigenvalue weighted by atomic mass is 9.68. The smallest absolute Gasteiger partial charge is 0.312 e. The monoisotopic (exact) mass is 349 g/mol. The van der Waals surface area contributed by atoms with E-state index < -0.39 is 22.5 Å². The van der Waals surface area contributed by atoms with Gasteiger partial charge in [-0.2, -0.15) is 0 Å². The summed E-state index contributed by atoms with van der Waals surface area (Å²) in [6, 6.07) is 7.05. The Morgan fingerprint density at radius 2 is 1.88 bits per heavy atom. The van der Waals surface area contributed by atoms with E-state index in [1.165, 1.54) is 0 Å². The number of carbonyl (C=O) groups excluding carboxylic acids is 1. The Morgan fingerprint density at radius 3 is 2.40 bits per heavy atom. The maximum Gasteiger partial charge on any atom is 0.312 e. The predicted molar refractivity (Wildman–Crippen MR) is 97.4 cm³/mol. The number of phenols is 1. The minimum absolute atomic E-state index is 0.0780. The number of phenolic OH excluding ortho intramolecular Hbond substituents is 1. The molecule has 0 spiro atoms. The summed E-state index contributed by atoms with van der Waals surface area (Å²) in [5, 5.41) is 23.0. The normalized spacial score (nSPS) is 25.8. The van der Waals surface area contributed by atoms with Crippen molar-refractivity contribution in [3.05, 3.63) is 29.8 Å². The van der Waals surface area contributed by atoms with Crippen molar-refractivity contribution in [1.82, 2.24) is 5.32 Å². The molecule has 0 aromatic heterocycles. The topological polar surface area (TPSA) is 78.8 Å². The Kier molecular flexibility index (Phi) is 5.50. The fourth-order valence-corrected chi connectivity index (χ4v) is 3.79. The molecule has 0 radical (unpaired) electrons. The molecule has 1 unspecified atom stereocenters. The molecule has 2 atom stereocenters. The first kappa shape index (κ1) is 19.7. The van der Waals surface area contributed by atoms with Crippen LogP contribution in [0, 0.1) is 11.3 Å². The molecule has 1 aromatic carbocycles. The van der Waals surface area contributed by atoms with Crippen LogP contribution >= 0.6 is 0 Å². The summed E-state index contributed by atoms with van der Waals surface area (Å²) in [6.07, 6.45) is 1.38. The summed E-state index contributed by atoms with van der Waals surface area (Å²) in [5.74, 6) is -0.459. The Hall–Kier alpha value is -1.59. The highest BCUT2D eigenvalue weighted by atomic mass is 16.6. The quantitative estimate of drug-likeness (QED) is 0.712. The average molecular weight is 349 g/mol. The van der Waals surface area contributed by atoms with Crippen LogP contribution in [-0.2, 0) is 16.0 Å². The number of hydrogen-bond acceptors (Lipinski definition) is 5. The lowest BCUT2D eigenvalue weighted by Crippen LogP contribution is -2.48. The third-order valence-corrected chi connectivity index (χ3v) is 5.04. The van der Waals surface area contributed by atoms with Gasteiger partial charge in [-0.05, 0) is 65.2 Å². The molecule has 5 nitrogen and oxygen atoms in total. The van der Waals surface area contributed by atoms with Crippen molar-refractivity contribution in [2.24, 2.45) is 11.3 Å². The zero-order valence-electron chi connectivity index (χ0n) is 15.9. The standard InChI is InChI=1S/C20H31NO4/c1-18(2,3)25-17(24)16-19(4,5)21-12-20(16,13-22)11-10-14-6-8-15(23)9-7-14/h6-9,16,21-23H,10-13H2,1-5H3/t16-,20?/m0/s1. The molecule has 1 aliphatic rings. The van der Waals surface area contributed by atoms with Gasteiger partial charge < -0.3 is 20.3 Å². The highest BCUT2D eigenvalue weighted by Crippen LogP contribution is 2.45. The molecule has 0 bridgehead atoms. The van der Waals surface area contributed by atoms with Crippen molar-refractivity contribution in [3.8, 4) is 5.75 Å². The number of carbonyl (C=O) groups is 1. The number of hydrogen-bond donors (Lipinski definition) is 3. The minimum Gasteiger partial charge on any atom is -0.508 e. The third-order valence-electron chi connectivity index (χ3n) is 5.04. The van der Waals surface area contributed by atoms with Gasteiger partial charge in [-0.15, -0.1) is 0 Å². The summed E-state index contributed by atoms with van der Waals surface area (Å²) < 4.78 is 5.66. The zero-order chi connectivity index (χ0) is 18.9. The maximum absolute atomic E-state index is 12.9. The molecule has 0 amide bonds. The van der Waals surface area contributed by atoms with Gasteiger partial charge in [0, 0.05) is 17.5 Å². The van der Waals surface area contributed by atoms with Crippen molar-refractivity contribution in [2.75, 3.05) is 13.2 Å². The molecule has 1 aromatic rings. The Balaban J connectivity index is 2.22. The van der Waals surface area contributed by atoms with Crippen LogP contribution in [0.5, 0.6) is 5.75 Å². The molecule has 0 aliphatic carbocycles. The summed E-state index contributed by atoms with van der Waals surface area (Å²) in [4.78, 5) is 12.9. The largest absolute Gasteiger partial charge is 0.508 e. The lowest BCUT2D eigenvalue weighted by molar-refractivity contribution is -0.167. The molecule has 140 valence electrons. The van der Waals surface area contributed by atoms with Crippen molar-refractivity contribution in [1.29, 1.82) is 0 Å². The van der Waals surface area contributed by atoms with Crippen LogP contribution in [0.1, 0.15) is 46.6 Å². The Morgan fingerprint density at radius 1 is 1.28 bits per heavy atom. The highest BCUT2D eigenvalue weighted by molar-refractivity contribution is 5.76. The lowest BCUT2D eigenvalue weighted by Gasteiger charge is -2.38. The van der Waals surface area contributed by atoms with Gasteiger partial charge in [0.1, 0.15) is 11.4 Å². The number of aliphatic hydroxyl groups excluding tert-OH is 1. The van der Waals surface area contributed by atoms with E-state index in [2.05, 4.69) is 5.32 Å². The predicted octanol–water partition coefficient (Wildman–Crippen LogP) is 2.64. The van der Waals surface area contributed by atoms with Gasteiger partial charge >= 0.3 is 5.97 Å². The van der Waals surface area contributed by atoms with E-state index >= 15 is 0 Å². The Bertz CT molecular complexity index is 603. The van der Waals surface area contributed by atoms with Crippen LogP contribution in [0.25, 0.3) is 0 Å². The van der Waals surface area contributed by atoms with Gasteiger partial charge in [0.2, 0.25) is 0 Å². The second-order valence-electron chi connectivity index (χ2n) is 8.73. The van der Waals surface area contributed by atoms with E-state index in [4.69, 9.17) is 4.74 Å². The number of rotatable bonds is 5. The van der Waals surface area contributed by atoms with E-state index in [1.807, 2.05) is 46.8 Å². The number of aromatic hydroxyl groups is 1. The molecular formula is C20H31NO4. The number of esters is 1. The molecule has 2 rings (SSSR count). The van der Waals surface area contributed by atoms with Crippen LogP contribution in [0.2, 0.25) is 0 Å². The Labute approximate surface area is 150 Å². The summed E-state index contributed by atoms with van der Waals surface area (Å²) in [5.41, 5.74) is -0.504. The van der Waals surface area contributed by atoms with Gasteiger partial charge in [0.05, 0.1) is 12.5 Å². The first-order chi connectivity index (χ1) is 11.5. The third kappa shape index (κ3) is 4.53. The first-order valence-corrected chi connectivity index (χ1v) is 8.86. The number of aryl methyl sites for hydroxylation is 1. The van der Waals surface area contributed by atoms with Crippen molar-refractivity contribution < 1.29 is 19.7 Å². The van der Waals surface area contributed by atoms with E-state index in [-0.39, 0.29) is 18.3 Å². The molecule has 1 fully saturated rings. The number of aliphatic hydroxyl groups is 1. The van der Waals surface area contributed by atoms with Gasteiger partial charge in [-0.25, -0.2) is 0 Å². The summed E-state index contributed by atoms with van der Waals surface area (Å²) >= 11 is 0. The van der Waals surface area contributed by atoms with E-state index in [0.717, 1.165) is 12.0 Å². The SMILES string of the molecule is CC(C)(C)OC(=O)[C@@H]1C(CO)(CCc2ccc(O)cc2)CNC1(C)C. The molecule has 0 saturated carbocycles. The summed E-state index contributed by atoms with van der Waals surface area (Å²) in [7, 11) is 0. The molecule has 3 N–H and O–H groups in total. The zero-order valence-corrected chi connectivity index (χ0v) is 15.9. The average Bonchev–Trinajstić information content (AvgIpc) is 2.77. The molecule has 1 saturated heterocycles. The van der Waals surface area contributed by atoms with Crippen molar-refractivity contribution >= 4 is 5.97 Å². The van der Waals surface area contributed by atoms with Crippen LogP contribution in [0.4, 0.5) is 0 Å². The second kappa shape index (κ2) is 6.96. The van der Waals surface area contributed by atoms with Crippen LogP contribution in [0.3, 0.4) is 0 Å². The molecule has 1 aliphatic heterocycles.